The molecule has 2 aromatic heterocycles. The van der Waals surface area contributed by atoms with Gasteiger partial charge in [0.05, 0.1) is 6.26 Å². The number of nitrogens with zero attached hydrogens (tertiary/aromatic N) is 1. The van der Waals surface area contributed by atoms with Gasteiger partial charge >= 0.3 is 5.91 Å². The third-order valence-electron chi connectivity index (χ3n) is 2.91. The summed E-state index contributed by atoms with van der Waals surface area (Å²) in [6.07, 6.45) is 1.31. The number of hydrogen-bond donors (Lipinski definition) is 2. The van der Waals surface area contributed by atoms with Crippen molar-refractivity contribution in [1.82, 2.24) is 15.2 Å². The molecule has 0 saturated heterocycles. The highest BCUT2D eigenvalue weighted by molar-refractivity contribution is 7.91. The molecular formula is C14H10ClN3O4S2. The van der Waals surface area contributed by atoms with Crippen LogP contribution in [0.4, 0.5) is 0 Å². The summed E-state index contributed by atoms with van der Waals surface area (Å²) in [5.74, 6) is -0.747. The molecule has 0 aliphatic carbocycles. The summed E-state index contributed by atoms with van der Waals surface area (Å²) in [7, 11) is -4.06. The lowest BCUT2D eigenvalue weighted by atomic mass is 10.2. The van der Waals surface area contributed by atoms with E-state index in [0.717, 1.165) is 11.3 Å². The van der Waals surface area contributed by atoms with Gasteiger partial charge in [-0.25, -0.2) is 13.4 Å². The molecule has 3 rings (SSSR count). The van der Waals surface area contributed by atoms with Crippen LogP contribution in [0.15, 0.2) is 57.4 Å². The third kappa shape index (κ3) is 3.49. The molecule has 0 unspecified atom stereocenters. The molecule has 2 N–H and O–H groups in total. The van der Waals surface area contributed by atoms with Crippen molar-refractivity contribution in [3.8, 4) is 11.3 Å². The molecule has 0 aliphatic heterocycles. The minimum atomic E-state index is -4.06. The van der Waals surface area contributed by atoms with E-state index >= 15 is 0 Å². The van der Waals surface area contributed by atoms with E-state index in [1.165, 1.54) is 18.4 Å². The molecule has 0 bridgehead atoms. The lowest BCUT2D eigenvalue weighted by molar-refractivity contribution is 0.0917. The summed E-state index contributed by atoms with van der Waals surface area (Å²) < 4.78 is 29.8. The number of hydrogen-bond acceptors (Lipinski definition) is 6. The summed E-state index contributed by atoms with van der Waals surface area (Å²) in [4.78, 5) is 17.8. The van der Waals surface area contributed by atoms with Crippen LogP contribution >= 0.6 is 22.9 Å². The Kier molecular flexibility index (Phi) is 4.67. The van der Waals surface area contributed by atoms with Gasteiger partial charge in [-0.3, -0.25) is 10.2 Å². The first kappa shape index (κ1) is 16.7. The van der Waals surface area contributed by atoms with E-state index in [0.29, 0.717) is 5.56 Å². The molecule has 124 valence electrons. The maximum absolute atomic E-state index is 12.5. The minimum Gasteiger partial charge on any atom is -0.459 e. The number of carbonyl (C=O) groups is 1. The largest absolute Gasteiger partial charge is 0.459 e. The number of halogens is 1. The number of hydrazine groups is 1. The van der Waals surface area contributed by atoms with Gasteiger partial charge in [-0.15, -0.1) is 4.83 Å². The van der Waals surface area contributed by atoms with E-state index < -0.39 is 15.9 Å². The molecule has 0 atom stereocenters. The molecule has 0 spiro atoms. The molecule has 10 heteroatoms. The first-order chi connectivity index (χ1) is 11.5. The van der Waals surface area contributed by atoms with Crippen molar-refractivity contribution < 1.29 is 17.6 Å². The Morgan fingerprint density at radius 3 is 2.58 bits per heavy atom. The van der Waals surface area contributed by atoms with Crippen LogP contribution in [0.3, 0.4) is 0 Å². The lowest BCUT2D eigenvalue weighted by Crippen LogP contribution is -2.41. The average Bonchev–Trinajstić information content (AvgIpc) is 3.23. The molecular weight excluding hydrogens is 374 g/mol. The van der Waals surface area contributed by atoms with Crippen molar-refractivity contribution in [2.45, 2.75) is 4.21 Å². The van der Waals surface area contributed by atoms with E-state index in [2.05, 4.69) is 10.4 Å². The zero-order valence-corrected chi connectivity index (χ0v) is 14.3. The highest BCUT2D eigenvalue weighted by atomic mass is 35.5. The highest BCUT2D eigenvalue weighted by Gasteiger charge is 2.25. The van der Waals surface area contributed by atoms with Gasteiger partial charge < -0.3 is 4.42 Å². The maximum atomic E-state index is 12.5. The Morgan fingerprint density at radius 2 is 1.92 bits per heavy atom. The molecule has 3 aromatic rings. The molecule has 0 saturated carbocycles. The molecule has 2 heterocycles. The Bertz CT molecular complexity index is 953. The molecule has 24 heavy (non-hydrogen) atoms. The fourth-order valence-corrected chi connectivity index (χ4v) is 4.41. The molecule has 0 radical (unpaired) electrons. The van der Waals surface area contributed by atoms with Gasteiger partial charge in [0.25, 0.3) is 10.0 Å². The van der Waals surface area contributed by atoms with E-state index in [1.807, 2.05) is 4.83 Å². The van der Waals surface area contributed by atoms with E-state index in [1.54, 1.807) is 30.3 Å². The topological polar surface area (TPSA) is 101 Å². The van der Waals surface area contributed by atoms with Crippen molar-refractivity contribution in [1.29, 1.82) is 0 Å². The van der Waals surface area contributed by atoms with Gasteiger partial charge in [0.2, 0.25) is 0 Å². The summed E-state index contributed by atoms with van der Waals surface area (Å²) >= 11 is 6.67. The predicted octanol–water partition coefficient (Wildman–Crippen LogP) is 2.68. The normalized spacial score (nSPS) is 11.4. The smallest absolute Gasteiger partial charge is 0.301 e. The Morgan fingerprint density at radius 1 is 1.17 bits per heavy atom. The third-order valence-corrected chi connectivity index (χ3v) is 5.82. The van der Waals surface area contributed by atoms with E-state index in [-0.39, 0.29) is 20.1 Å². The van der Waals surface area contributed by atoms with Crippen molar-refractivity contribution in [2.75, 3.05) is 0 Å². The number of furan rings is 1. The van der Waals surface area contributed by atoms with Crippen LogP contribution in [0, 0.1) is 0 Å². The zero-order valence-electron chi connectivity index (χ0n) is 11.9. The number of thiazole rings is 1. The van der Waals surface area contributed by atoms with Crippen molar-refractivity contribution in [3.05, 3.63) is 59.0 Å². The van der Waals surface area contributed by atoms with Crippen LogP contribution in [-0.2, 0) is 10.0 Å². The second-order valence-corrected chi connectivity index (χ2v) is 7.96. The number of rotatable bonds is 5. The summed E-state index contributed by atoms with van der Waals surface area (Å²) in [5, 5.41) is 0. The number of nitrogens with one attached hydrogen (secondary N) is 2. The lowest BCUT2D eigenvalue weighted by Gasteiger charge is -2.07. The fourth-order valence-electron chi connectivity index (χ4n) is 1.87. The molecule has 1 aromatic carbocycles. The number of carbonyl (C=O) groups excluding carboxylic acids is 1. The van der Waals surface area contributed by atoms with Crippen LogP contribution < -0.4 is 10.3 Å². The van der Waals surface area contributed by atoms with Crippen molar-refractivity contribution in [2.24, 2.45) is 0 Å². The maximum Gasteiger partial charge on any atom is 0.301 e. The van der Waals surface area contributed by atoms with Gasteiger partial charge in [-0.2, -0.15) is 0 Å². The quantitative estimate of drug-likeness (QED) is 0.659. The van der Waals surface area contributed by atoms with Crippen LogP contribution in [0.1, 0.15) is 10.6 Å². The van der Waals surface area contributed by atoms with Gasteiger partial charge in [0, 0.05) is 5.56 Å². The number of aromatic nitrogens is 1. The molecule has 0 fully saturated rings. The van der Waals surface area contributed by atoms with Crippen LogP contribution in [-0.4, -0.2) is 19.3 Å². The first-order valence-corrected chi connectivity index (χ1v) is 9.22. The SMILES string of the molecule is O=C(NNS(=O)(=O)c1sc(Cl)nc1-c1ccccc1)c1ccco1. The predicted molar refractivity (Wildman–Crippen MR) is 89.1 cm³/mol. The number of amides is 1. The Balaban J connectivity index is 1.86. The average molecular weight is 384 g/mol. The standard InChI is InChI=1S/C14H10ClN3O4S2/c15-14-16-11(9-5-2-1-3-6-9)13(23-14)24(20,21)18-17-12(19)10-7-4-8-22-10/h1-8,18H,(H,17,19). The molecule has 7 nitrogen and oxygen atoms in total. The van der Waals surface area contributed by atoms with Crippen molar-refractivity contribution in [3.63, 3.8) is 0 Å². The van der Waals surface area contributed by atoms with Crippen LogP contribution in [0.25, 0.3) is 11.3 Å². The number of benzene rings is 1. The monoisotopic (exact) mass is 383 g/mol. The fraction of sp³-hybridized carbons (Fsp3) is 0. The van der Waals surface area contributed by atoms with Crippen molar-refractivity contribution >= 4 is 38.9 Å². The van der Waals surface area contributed by atoms with E-state index in [4.69, 9.17) is 16.0 Å². The van der Waals surface area contributed by atoms with Crippen LogP contribution in [0.2, 0.25) is 4.47 Å². The highest BCUT2D eigenvalue weighted by Crippen LogP contribution is 2.34. The number of sulfonamides is 1. The summed E-state index contributed by atoms with van der Waals surface area (Å²) in [5.41, 5.74) is 2.89. The van der Waals surface area contributed by atoms with Gasteiger partial charge in [-0.1, -0.05) is 53.3 Å². The second kappa shape index (κ2) is 6.73. The second-order valence-electron chi connectivity index (χ2n) is 4.51. The van der Waals surface area contributed by atoms with Crippen LogP contribution in [0.5, 0.6) is 0 Å². The Hall–Kier alpha value is -2.20. The molecule has 0 aliphatic rings. The van der Waals surface area contributed by atoms with Gasteiger partial charge in [-0.05, 0) is 12.1 Å². The zero-order chi connectivity index (χ0) is 17.2. The molecule has 1 amide bonds. The summed E-state index contributed by atoms with van der Waals surface area (Å²) in [6, 6.07) is 11.7. The van der Waals surface area contributed by atoms with Gasteiger partial charge in [0.15, 0.2) is 14.4 Å². The summed E-state index contributed by atoms with van der Waals surface area (Å²) in [6.45, 7) is 0. The minimum absolute atomic E-state index is 0.0247. The first-order valence-electron chi connectivity index (χ1n) is 6.55. The van der Waals surface area contributed by atoms with Gasteiger partial charge in [0.1, 0.15) is 5.69 Å². The van der Waals surface area contributed by atoms with E-state index in [9.17, 15) is 13.2 Å². The Labute approximate surface area is 146 Å².